The third-order valence-corrected chi connectivity index (χ3v) is 3.27. The molecule has 0 aliphatic rings. The molecule has 0 radical (unpaired) electrons. The SMILES string of the molecule is O=C(NCc1ccnc(NC(=O)c2ncccc2O)c1)c1ccn[nH]1. The molecule has 0 aliphatic carbocycles. The van der Waals surface area contributed by atoms with Crippen LogP contribution in [0.25, 0.3) is 0 Å². The summed E-state index contributed by atoms with van der Waals surface area (Å²) in [6.07, 6.45) is 4.40. The maximum atomic E-state index is 12.1. The molecule has 126 valence electrons. The van der Waals surface area contributed by atoms with Crippen LogP contribution in [0, 0.1) is 0 Å². The Kier molecular flexibility index (Phi) is 4.65. The largest absolute Gasteiger partial charge is 0.505 e. The molecule has 3 aromatic rings. The van der Waals surface area contributed by atoms with Gasteiger partial charge < -0.3 is 15.7 Å². The Bertz CT molecular complexity index is 894. The summed E-state index contributed by atoms with van der Waals surface area (Å²) in [7, 11) is 0. The minimum atomic E-state index is -0.579. The van der Waals surface area contributed by atoms with Crippen LogP contribution < -0.4 is 10.6 Å². The molecule has 3 rings (SSSR count). The Hall–Kier alpha value is -3.75. The first-order valence-corrected chi connectivity index (χ1v) is 7.31. The van der Waals surface area contributed by atoms with Crippen LogP contribution >= 0.6 is 0 Å². The summed E-state index contributed by atoms with van der Waals surface area (Å²) in [5.74, 6) is -0.811. The first kappa shape index (κ1) is 16.1. The van der Waals surface area contributed by atoms with E-state index >= 15 is 0 Å². The number of anilines is 1. The van der Waals surface area contributed by atoms with Crippen LogP contribution in [0.15, 0.2) is 48.9 Å². The predicted molar refractivity (Wildman–Crippen MR) is 87.8 cm³/mol. The summed E-state index contributed by atoms with van der Waals surface area (Å²) in [6.45, 7) is 0.248. The monoisotopic (exact) mass is 338 g/mol. The molecule has 0 fully saturated rings. The second-order valence-corrected chi connectivity index (χ2v) is 5.03. The van der Waals surface area contributed by atoms with Crippen LogP contribution in [-0.4, -0.2) is 37.1 Å². The van der Waals surface area contributed by atoms with Crippen molar-refractivity contribution in [2.75, 3.05) is 5.32 Å². The Balaban J connectivity index is 1.64. The quantitative estimate of drug-likeness (QED) is 0.550. The molecule has 4 N–H and O–H groups in total. The van der Waals surface area contributed by atoms with Crippen molar-refractivity contribution < 1.29 is 14.7 Å². The number of aromatic amines is 1. The fourth-order valence-corrected chi connectivity index (χ4v) is 2.06. The lowest BCUT2D eigenvalue weighted by molar-refractivity contribution is 0.0944. The van der Waals surface area contributed by atoms with E-state index in [9.17, 15) is 14.7 Å². The lowest BCUT2D eigenvalue weighted by atomic mass is 10.2. The maximum absolute atomic E-state index is 12.1. The number of amides is 2. The van der Waals surface area contributed by atoms with Gasteiger partial charge in [0, 0.05) is 25.1 Å². The molecule has 0 spiro atoms. The van der Waals surface area contributed by atoms with Gasteiger partial charge in [-0.3, -0.25) is 14.7 Å². The highest BCUT2D eigenvalue weighted by molar-refractivity contribution is 6.04. The van der Waals surface area contributed by atoms with Gasteiger partial charge in [-0.2, -0.15) is 5.10 Å². The molecule has 0 atom stereocenters. The van der Waals surface area contributed by atoms with E-state index in [0.29, 0.717) is 5.69 Å². The molecule has 9 nitrogen and oxygen atoms in total. The van der Waals surface area contributed by atoms with Crippen molar-refractivity contribution in [2.45, 2.75) is 6.54 Å². The molecule has 0 aromatic carbocycles. The summed E-state index contributed by atoms with van der Waals surface area (Å²) >= 11 is 0. The number of aromatic nitrogens is 4. The Morgan fingerprint density at radius 3 is 2.72 bits per heavy atom. The predicted octanol–water partition coefficient (Wildman–Crippen LogP) is 1.09. The first-order chi connectivity index (χ1) is 12.1. The third-order valence-electron chi connectivity index (χ3n) is 3.27. The second kappa shape index (κ2) is 7.21. The molecular weight excluding hydrogens is 324 g/mol. The minimum absolute atomic E-state index is 0.0951. The van der Waals surface area contributed by atoms with Crippen molar-refractivity contribution in [2.24, 2.45) is 0 Å². The molecule has 0 unspecified atom stereocenters. The zero-order valence-electron chi connectivity index (χ0n) is 12.9. The number of nitrogens with zero attached hydrogens (tertiary/aromatic N) is 3. The summed E-state index contributed by atoms with van der Waals surface area (Å²) in [6, 6.07) is 7.78. The van der Waals surface area contributed by atoms with E-state index in [-0.39, 0.29) is 29.7 Å². The van der Waals surface area contributed by atoms with E-state index in [0.717, 1.165) is 5.56 Å². The molecule has 0 saturated heterocycles. The van der Waals surface area contributed by atoms with E-state index in [4.69, 9.17) is 0 Å². The van der Waals surface area contributed by atoms with Crippen LogP contribution in [0.2, 0.25) is 0 Å². The third kappa shape index (κ3) is 3.96. The summed E-state index contributed by atoms with van der Waals surface area (Å²) in [5, 5.41) is 21.2. The average Bonchev–Trinajstić information content (AvgIpc) is 3.15. The highest BCUT2D eigenvalue weighted by atomic mass is 16.3. The van der Waals surface area contributed by atoms with Gasteiger partial charge in [0.2, 0.25) is 0 Å². The molecular formula is C16H14N6O3. The first-order valence-electron chi connectivity index (χ1n) is 7.31. The number of rotatable bonds is 5. The number of pyridine rings is 2. The minimum Gasteiger partial charge on any atom is -0.505 e. The maximum Gasteiger partial charge on any atom is 0.279 e. The van der Waals surface area contributed by atoms with Crippen molar-refractivity contribution in [3.63, 3.8) is 0 Å². The number of hydrogen-bond acceptors (Lipinski definition) is 6. The van der Waals surface area contributed by atoms with Crippen LogP contribution in [0.1, 0.15) is 26.5 Å². The fourth-order valence-electron chi connectivity index (χ4n) is 2.06. The summed E-state index contributed by atoms with van der Waals surface area (Å²) in [5.41, 5.74) is 0.999. The molecule has 9 heteroatoms. The van der Waals surface area contributed by atoms with E-state index in [1.807, 2.05) is 0 Å². The molecule has 0 aliphatic heterocycles. The molecule has 3 aromatic heterocycles. The number of H-pyrrole nitrogens is 1. The number of carbonyl (C=O) groups excluding carboxylic acids is 2. The van der Waals surface area contributed by atoms with Gasteiger partial charge in [-0.15, -0.1) is 0 Å². The van der Waals surface area contributed by atoms with Gasteiger partial charge in [0.15, 0.2) is 5.69 Å². The number of hydrogen-bond donors (Lipinski definition) is 4. The molecule has 0 saturated carbocycles. The Labute approximate surface area is 142 Å². The van der Waals surface area contributed by atoms with Crippen LogP contribution in [0.3, 0.4) is 0 Å². The van der Waals surface area contributed by atoms with Crippen molar-refractivity contribution in [1.29, 1.82) is 0 Å². The highest BCUT2D eigenvalue weighted by Gasteiger charge is 2.13. The Morgan fingerprint density at radius 1 is 1.08 bits per heavy atom. The molecule has 0 bridgehead atoms. The topological polar surface area (TPSA) is 133 Å². The molecule has 25 heavy (non-hydrogen) atoms. The second-order valence-electron chi connectivity index (χ2n) is 5.03. The normalized spacial score (nSPS) is 10.2. The van der Waals surface area contributed by atoms with E-state index in [1.54, 1.807) is 18.2 Å². The van der Waals surface area contributed by atoms with E-state index in [2.05, 4.69) is 30.8 Å². The Morgan fingerprint density at radius 2 is 1.96 bits per heavy atom. The van der Waals surface area contributed by atoms with E-state index in [1.165, 1.54) is 30.7 Å². The van der Waals surface area contributed by atoms with Gasteiger partial charge in [-0.1, -0.05) is 0 Å². The van der Waals surface area contributed by atoms with Gasteiger partial charge in [-0.05, 0) is 35.9 Å². The van der Waals surface area contributed by atoms with Crippen molar-refractivity contribution in [1.82, 2.24) is 25.5 Å². The zero-order chi connectivity index (χ0) is 17.6. The lowest BCUT2D eigenvalue weighted by Gasteiger charge is -2.08. The van der Waals surface area contributed by atoms with Crippen LogP contribution in [0.4, 0.5) is 5.82 Å². The van der Waals surface area contributed by atoms with Crippen LogP contribution in [-0.2, 0) is 6.54 Å². The summed E-state index contributed by atoms with van der Waals surface area (Å²) < 4.78 is 0. The molecule has 2 amide bonds. The fraction of sp³-hybridized carbons (Fsp3) is 0.0625. The van der Waals surface area contributed by atoms with Crippen molar-refractivity contribution >= 4 is 17.6 Å². The average molecular weight is 338 g/mol. The smallest absolute Gasteiger partial charge is 0.279 e. The van der Waals surface area contributed by atoms with Crippen molar-refractivity contribution in [3.05, 3.63) is 65.9 Å². The van der Waals surface area contributed by atoms with Gasteiger partial charge in [0.25, 0.3) is 11.8 Å². The van der Waals surface area contributed by atoms with Crippen LogP contribution in [0.5, 0.6) is 5.75 Å². The zero-order valence-corrected chi connectivity index (χ0v) is 12.9. The summed E-state index contributed by atoms with van der Waals surface area (Å²) in [4.78, 5) is 31.8. The number of carbonyl (C=O) groups is 2. The number of aromatic hydroxyl groups is 1. The number of nitrogens with one attached hydrogen (secondary N) is 3. The van der Waals surface area contributed by atoms with Gasteiger partial charge in [-0.25, -0.2) is 9.97 Å². The molecule has 3 heterocycles. The van der Waals surface area contributed by atoms with Gasteiger partial charge in [0.05, 0.1) is 0 Å². The van der Waals surface area contributed by atoms with Gasteiger partial charge in [0.1, 0.15) is 17.3 Å². The van der Waals surface area contributed by atoms with Gasteiger partial charge >= 0.3 is 0 Å². The highest BCUT2D eigenvalue weighted by Crippen LogP contribution is 2.15. The van der Waals surface area contributed by atoms with Crippen molar-refractivity contribution in [3.8, 4) is 5.75 Å². The standard InChI is InChI=1S/C16H14N6O3/c23-12-2-1-5-18-14(12)16(25)21-13-8-10(3-6-17-13)9-19-15(24)11-4-7-20-22-11/h1-8,23H,9H2,(H,19,24)(H,20,22)(H,17,21,25). The van der Waals surface area contributed by atoms with E-state index < -0.39 is 5.91 Å². The lowest BCUT2D eigenvalue weighted by Crippen LogP contribution is -2.23.